The number of para-hydroxylation sites is 1. The fourth-order valence-electron chi connectivity index (χ4n) is 1.71. The van der Waals surface area contributed by atoms with Crippen molar-refractivity contribution in [1.29, 1.82) is 0 Å². The molecule has 6 heteroatoms. The number of anilines is 1. The molecule has 2 aromatic rings. The first kappa shape index (κ1) is 14.8. The molecule has 3 nitrogen and oxygen atoms in total. The zero-order valence-corrected chi connectivity index (χ0v) is 12.5. The van der Waals surface area contributed by atoms with Crippen molar-refractivity contribution in [2.45, 2.75) is 13.5 Å². The number of carbonyl (C=O) groups excluding carboxylic acids is 1. The van der Waals surface area contributed by atoms with Crippen LogP contribution >= 0.6 is 22.9 Å². The number of thiophene rings is 1. The van der Waals surface area contributed by atoms with Gasteiger partial charge in [0, 0.05) is 11.4 Å². The molecule has 0 bridgehead atoms. The summed E-state index contributed by atoms with van der Waals surface area (Å²) in [6.07, 6.45) is 0. The summed E-state index contributed by atoms with van der Waals surface area (Å²) in [7, 11) is 0. The normalized spacial score (nSPS) is 10.3. The van der Waals surface area contributed by atoms with Crippen LogP contribution in [0.15, 0.2) is 36.4 Å². The van der Waals surface area contributed by atoms with Gasteiger partial charge in [0.05, 0.1) is 16.6 Å². The Balaban J connectivity index is 2.04. The van der Waals surface area contributed by atoms with Crippen LogP contribution in [-0.2, 0) is 6.54 Å². The van der Waals surface area contributed by atoms with Crippen molar-refractivity contribution in [3.05, 3.63) is 51.4 Å². The van der Waals surface area contributed by atoms with Gasteiger partial charge in [0.1, 0.15) is 5.82 Å². The zero-order valence-electron chi connectivity index (χ0n) is 10.9. The molecule has 0 aliphatic heterocycles. The second-order valence-electron chi connectivity index (χ2n) is 4.13. The molecule has 0 saturated carbocycles. The van der Waals surface area contributed by atoms with E-state index in [4.69, 9.17) is 11.6 Å². The van der Waals surface area contributed by atoms with Crippen LogP contribution in [0.1, 0.15) is 11.8 Å². The van der Waals surface area contributed by atoms with Gasteiger partial charge in [0.25, 0.3) is 0 Å². The van der Waals surface area contributed by atoms with Crippen LogP contribution in [0, 0.1) is 5.82 Å². The maximum absolute atomic E-state index is 13.5. The zero-order chi connectivity index (χ0) is 14.5. The van der Waals surface area contributed by atoms with E-state index in [9.17, 15) is 9.18 Å². The monoisotopic (exact) mass is 312 g/mol. The molecule has 1 aromatic carbocycles. The topological polar surface area (TPSA) is 32.3 Å². The Morgan fingerprint density at radius 1 is 1.35 bits per heavy atom. The van der Waals surface area contributed by atoms with Gasteiger partial charge in [-0.2, -0.15) is 0 Å². The Morgan fingerprint density at radius 2 is 2.10 bits per heavy atom. The Kier molecular flexibility index (Phi) is 4.98. The average Bonchev–Trinajstić information content (AvgIpc) is 2.84. The molecule has 1 N–H and O–H groups in total. The minimum Gasteiger partial charge on any atom is -0.320 e. The van der Waals surface area contributed by atoms with Gasteiger partial charge in [-0.15, -0.1) is 11.3 Å². The number of urea groups is 1. The van der Waals surface area contributed by atoms with E-state index in [1.54, 1.807) is 23.1 Å². The van der Waals surface area contributed by atoms with E-state index in [-0.39, 0.29) is 11.7 Å². The molecule has 0 atom stereocenters. The van der Waals surface area contributed by atoms with E-state index >= 15 is 0 Å². The van der Waals surface area contributed by atoms with Crippen molar-refractivity contribution < 1.29 is 9.18 Å². The predicted octanol–water partition coefficient (Wildman–Crippen LogP) is 4.59. The van der Waals surface area contributed by atoms with E-state index < -0.39 is 5.82 Å². The molecule has 0 aliphatic carbocycles. The third-order valence-corrected chi connectivity index (χ3v) is 3.98. The number of benzene rings is 1. The van der Waals surface area contributed by atoms with Crippen LogP contribution < -0.4 is 5.32 Å². The summed E-state index contributed by atoms with van der Waals surface area (Å²) < 4.78 is 14.2. The lowest BCUT2D eigenvalue weighted by molar-refractivity contribution is 0.212. The number of rotatable bonds is 4. The Bertz CT molecular complexity index is 602. The largest absolute Gasteiger partial charge is 0.322 e. The highest BCUT2D eigenvalue weighted by Crippen LogP contribution is 2.23. The van der Waals surface area contributed by atoms with Gasteiger partial charge in [-0.05, 0) is 31.2 Å². The Hall–Kier alpha value is -1.59. The number of halogens is 2. The quantitative estimate of drug-likeness (QED) is 0.879. The predicted molar refractivity (Wildman–Crippen MR) is 80.8 cm³/mol. The highest BCUT2D eigenvalue weighted by Gasteiger charge is 2.14. The molecule has 2 amide bonds. The van der Waals surface area contributed by atoms with Crippen molar-refractivity contribution in [1.82, 2.24) is 4.90 Å². The first-order chi connectivity index (χ1) is 9.60. The Labute approximate surface area is 126 Å². The Morgan fingerprint density at radius 3 is 2.70 bits per heavy atom. The molecule has 1 heterocycles. The van der Waals surface area contributed by atoms with Gasteiger partial charge in [-0.3, -0.25) is 0 Å². The van der Waals surface area contributed by atoms with Crippen molar-refractivity contribution >= 4 is 34.7 Å². The molecule has 0 fully saturated rings. The summed E-state index contributed by atoms with van der Waals surface area (Å²) in [6, 6.07) is 9.44. The molecular formula is C14H14ClFN2OS. The maximum Gasteiger partial charge on any atom is 0.322 e. The second kappa shape index (κ2) is 6.72. The molecule has 0 saturated heterocycles. The summed E-state index contributed by atoms with van der Waals surface area (Å²) in [4.78, 5) is 14.7. The SMILES string of the molecule is CCN(Cc1ccc(Cl)s1)C(=O)Nc1ccccc1F. The van der Waals surface area contributed by atoms with Crippen LogP contribution in [0.5, 0.6) is 0 Å². The van der Waals surface area contributed by atoms with Crippen molar-refractivity contribution in [2.24, 2.45) is 0 Å². The van der Waals surface area contributed by atoms with Crippen LogP contribution in [0.3, 0.4) is 0 Å². The molecule has 20 heavy (non-hydrogen) atoms. The number of nitrogens with zero attached hydrogens (tertiary/aromatic N) is 1. The maximum atomic E-state index is 13.5. The van der Waals surface area contributed by atoms with Gasteiger partial charge >= 0.3 is 6.03 Å². The van der Waals surface area contributed by atoms with Gasteiger partial charge in [0.15, 0.2) is 0 Å². The number of carbonyl (C=O) groups is 1. The third-order valence-electron chi connectivity index (χ3n) is 2.76. The lowest BCUT2D eigenvalue weighted by Crippen LogP contribution is -2.34. The fraction of sp³-hybridized carbons (Fsp3) is 0.214. The second-order valence-corrected chi connectivity index (χ2v) is 5.93. The van der Waals surface area contributed by atoms with Gasteiger partial charge in [-0.25, -0.2) is 9.18 Å². The molecule has 0 spiro atoms. The fourth-order valence-corrected chi connectivity index (χ4v) is 2.81. The third kappa shape index (κ3) is 3.71. The molecular weight excluding hydrogens is 299 g/mol. The van der Waals surface area contributed by atoms with E-state index in [1.165, 1.54) is 23.5 Å². The summed E-state index contributed by atoms with van der Waals surface area (Å²) in [5.41, 5.74) is 0.181. The molecule has 106 valence electrons. The molecule has 1 aromatic heterocycles. The van der Waals surface area contributed by atoms with E-state index in [1.807, 2.05) is 13.0 Å². The molecule has 2 rings (SSSR count). The van der Waals surface area contributed by atoms with Crippen molar-refractivity contribution in [2.75, 3.05) is 11.9 Å². The van der Waals surface area contributed by atoms with Crippen LogP contribution in [0.2, 0.25) is 4.34 Å². The smallest absolute Gasteiger partial charge is 0.320 e. The molecule has 0 radical (unpaired) electrons. The number of hydrogen-bond donors (Lipinski definition) is 1. The molecule has 0 aliphatic rings. The van der Waals surface area contributed by atoms with Crippen LogP contribution in [0.4, 0.5) is 14.9 Å². The average molecular weight is 313 g/mol. The lowest BCUT2D eigenvalue weighted by Gasteiger charge is -2.20. The van der Waals surface area contributed by atoms with E-state index in [0.29, 0.717) is 17.4 Å². The first-order valence-corrected chi connectivity index (χ1v) is 7.34. The summed E-state index contributed by atoms with van der Waals surface area (Å²) in [6.45, 7) is 2.85. The minimum atomic E-state index is -0.448. The molecule has 0 unspecified atom stereocenters. The lowest BCUT2D eigenvalue weighted by atomic mass is 10.3. The summed E-state index contributed by atoms with van der Waals surface area (Å²) >= 11 is 7.30. The van der Waals surface area contributed by atoms with Crippen LogP contribution in [0.25, 0.3) is 0 Å². The number of hydrogen-bond acceptors (Lipinski definition) is 2. The number of nitrogens with one attached hydrogen (secondary N) is 1. The van der Waals surface area contributed by atoms with Crippen molar-refractivity contribution in [3.63, 3.8) is 0 Å². The van der Waals surface area contributed by atoms with Gasteiger partial charge < -0.3 is 10.2 Å². The van der Waals surface area contributed by atoms with Gasteiger partial charge in [-0.1, -0.05) is 23.7 Å². The highest BCUT2D eigenvalue weighted by molar-refractivity contribution is 7.16. The minimum absolute atomic E-state index is 0.181. The van der Waals surface area contributed by atoms with Crippen LogP contribution in [-0.4, -0.2) is 17.5 Å². The number of amides is 2. The van der Waals surface area contributed by atoms with E-state index in [2.05, 4.69) is 5.32 Å². The summed E-state index contributed by atoms with van der Waals surface area (Å²) in [5, 5.41) is 2.57. The van der Waals surface area contributed by atoms with Crippen molar-refractivity contribution in [3.8, 4) is 0 Å². The standard InChI is InChI=1S/C14H14ClFN2OS/c1-2-18(9-10-7-8-13(15)20-10)14(19)17-12-6-4-3-5-11(12)16/h3-8H,2,9H2,1H3,(H,17,19). The summed E-state index contributed by atoms with van der Waals surface area (Å²) in [5.74, 6) is -0.448. The van der Waals surface area contributed by atoms with E-state index in [0.717, 1.165) is 4.88 Å². The first-order valence-electron chi connectivity index (χ1n) is 6.15. The van der Waals surface area contributed by atoms with Gasteiger partial charge in [0.2, 0.25) is 0 Å². The highest BCUT2D eigenvalue weighted by atomic mass is 35.5.